The van der Waals surface area contributed by atoms with Gasteiger partial charge < -0.3 is 19.9 Å². The third-order valence-corrected chi connectivity index (χ3v) is 5.06. The second-order valence-electron chi connectivity index (χ2n) is 7.68. The number of hydrogen-bond donors (Lipinski definition) is 2. The van der Waals surface area contributed by atoms with E-state index in [0.717, 1.165) is 24.3 Å². The van der Waals surface area contributed by atoms with Crippen molar-refractivity contribution in [1.29, 1.82) is 0 Å². The fourth-order valence-electron chi connectivity index (χ4n) is 3.49. The number of benzene rings is 3. The van der Waals surface area contributed by atoms with E-state index in [1.54, 1.807) is 0 Å². The van der Waals surface area contributed by atoms with Crippen molar-refractivity contribution >= 4 is 12.1 Å². The van der Waals surface area contributed by atoms with Crippen molar-refractivity contribution in [2.75, 3.05) is 7.11 Å². The summed E-state index contributed by atoms with van der Waals surface area (Å²) in [6.07, 6.45) is -6.02. The third kappa shape index (κ3) is 6.94. The molecule has 0 unspecified atom stereocenters. The molecular formula is C25H20F5NO5. The van der Waals surface area contributed by atoms with Crippen LogP contribution < -0.4 is 10.1 Å². The maximum atomic E-state index is 13.4. The number of halogens is 5. The van der Waals surface area contributed by atoms with Gasteiger partial charge in [0, 0.05) is 18.2 Å². The largest absolute Gasteiger partial charge is 0.496 e. The van der Waals surface area contributed by atoms with Crippen LogP contribution in [0.1, 0.15) is 22.3 Å². The standard InChI is InChI=1S/C25H20F5NO5/c1-35-22-5-2-14(9-23(32)33)8-21(22)20-4-3-17(25(28,29)30)10-16(20)12-31-24(34)36-13-15-6-18(26)11-19(27)7-15/h2-8,10-11H,9,12-13H2,1H3,(H,31,34)(H,32,33). The quantitative estimate of drug-likeness (QED) is 0.380. The van der Waals surface area contributed by atoms with Crippen molar-refractivity contribution in [3.8, 4) is 16.9 Å². The Morgan fingerprint density at radius 3 is 2.22 bits per heavy atom. The molecule has 1 amide bonds. The minimum Gasteiger partial charge on any atom is -0.496 e. The summed E-state index contributed by atoms with van der Waals surface area (Å²) in [7, 11) is 1.35. The lowest BCUT2D eigenvalue weighted by Crippen LogP contribution is -2.24. The van der Waals surface area contributed by atoms with Crippen LogP contribution in [-0.2, 0) is 35.3 Å². The maximum Gasteiger partial charge on any atom is 0.416 e. The molecule has 0 aliphatic heterocycles. The zero-order valence-corrected chi connectivity index (χ0v) is 18.8. The number of carboxylic acids is 1. The molecule has 0 saturated carbocycles. The molecule has 0 spiro atoms. The topological polar surface area (TPSA) is 84.9 Å². The monoisotopic (exact) mass is 509 g/mol. The average Bonchev–Trinajstić information content (AvgIpc) is 2.79. The van der Waals surface area contributed by atoms with Crippen LogP contribution in [-0.4, -0.2) is 24.3 Å². The van der Waals surface area contributed by atoms with Gasteiger partial charge in [-0.1, -0.05) is 12.1 Å². The van der Waals surface area contributed by atoms with Gasteiger partial charge in [-0.3, -0.25) is 4.79 Å². The Morgan fingerprint density at radius 2 is 1.61 bits per heavy atom. The molecule has 0 aromatic heterocycles. The highest BCUT2D eigenvalue weighted by Crippen LogP contribution is 2.37. The molecular weight excluding hydrogens is 489 g/mol. The summed E-state index contributed by atoms with van der Waals surface area (Å²) in [5.74, 6) is -2.54. The van der Waals surface area contributed by atoms with E-state index in [1.807, 2.05) is 0 Å². The van der Waals surface area contributed by atoms with Crippen LogP contribution in [0.15, 0.2) is 54.6 Å². The van der Waals surface area contributed by atoms with Crippen LogP contribution in [0.5, 0.6) is 5.75 Å². The summed E-state index contributed by atoms with van der Waals surface area (Å²) in [6, 6.07) is 9.99. The highest BCUT2D eigenvalue weighted by molar-refractivity contribution is 5.77. The Labute approximate surface area is 202 Å². The third-order valence-electron chi connectivity index (χ3n) is 5.06. The fourth-order valence-corrected chi connectivity index (χ4v) is 3.49. The lowest BCUT2D eigenvalue weighted by molar-refractivity contribution is -0.138. The van der Waals surface area contributed by atoms with Gasteiger partial charge in [0.15, 0.2) is 0 Å². The van der Waals surface area contributed by atoms with E-state index in [-0.39, 0.29) is 28.9 Å². The molecule has 0 bridgehead atoms. The van der Waals surface area contributed by atoms with Gasteiger partial charge in [0.05, 0.1) is 19.1 Å². The Balaban J connectivity index is 1.88. The highest BCUT2D eigenvalue weighted by Gasteiger charge is 2.31. The fraction of sp³-hybridized carbons (Fsp3) is 0.200. The Bertz CT molecular complexity index is 1260. The van der Waals surface area contributed by atoms with E-state index >= 15 is 0 Å². The Morgan fingerprint density at radius 1 is 0.917 bits per heavy atom. The number of hydrogen-bond acceptors (Lipinski definition) is 4. The molecule has 3 aromatic carbocycles. The molecule has 36 heavy (non-hydrogen) atoms. The van der Waals surface area contributed by atoms with Crippen molar-refractivity contribution in [3.05, 3.63) is 88.5 Å². The molecule has 0 radical (unpaired) electrons. The van der Waals surface area contributed by atoms with E-state index in [1.165, 1.54) is 31.4 Å². The number of alkyl carbamates (subject to hydrolysis) is 1. The maximum absolute atomic E-state index is 13.4. The van der Waals surface area contributed by atoms with Crippen molar-refractivity contribution in [3.63, 3.8) is 0 Å². The van der Waals surface area contributed by atoms with Gasteiger partial charge in [0.2, 0.25) is 0 Å². The number of rotatable bonds is 8. The molecule has 190 valence electrons. The summed E-state index contributed by atoms with van der Waals surface area (Å²) in [4.78, 5) is 23.3. The van der Waals surface area contributed by atoms with E-state index < -0.39 is 48.6 Å². The van der Waals surface area contributed by atoms with E-state index in [0.29, 0.717) is 17.2 Å². The first-order valence-corrected chi connectivity index (χ1v) is 10.4. The van der Waals surface area contributed by atoms with Crippen LogP contribution in [0.4, 0.5) is 26.7 Å². The zero-order valence-electron chi connectivity index (χ0n) is 18.8. The predicted molar refractivity (Wildman–Crippen MR) is 118 cm³/mol. The van der Waals surface area contributed by atoms with Gasteiger partial charge in [0.25, 0.3) is 0 Å². The van der Waals surface area contributed by atoms with Crippen molar-refractivity contribution in [2.45, 2.75) is 25.7 Å². The van der Waals surface area contributed by atoms with E-state index in [2.05, 4.69) is 5.32 Å². The summed E-state index contributed by atoms with van der Waals surface area (Å²) in [6.45, 7) is -0.872. The molecule has 2 N–H and O–H groups in total. The number of alkyl halides is 3. The number of ether oxygens (including phenoxy) is 2. The minimum atomic E-state index is -4.66. The summed E-state index contributed by atoms with van der Waals surface area (Å²) in [5.41, 5.74) is 0.0999. The van der Waals surface area contributed by atoms with Gasteiger partial charge in [-0.15, -0.1) is 0 Å². The van der Waals surface area contributed by atoms with Gasteiger partial charge in [-0.25, -0.2) is 13.6 Å². The number of carboxylic acid groups (broad SMARTS) is 1. The zero-order chi connectivity index (χ0) is 26.5. The van der Waals surface area contributed by atoms with Crippen LogP contribution in [0, 0.1) is 11.6 Å². The number of methoxy groups -OCH3 is 1. The first-order valence-electron chi connectivity index (χ1n) is 10.4. The SMILES string of the molecule is COc1ccc(CC(=O)O)cc1-c1ccc(C(F)(F)F)cc1CNC(=O)OCc1cc(F)cc(F)c1. The predicted octanol–water partition coefficient (Wildman–Crippen LogP) is 5.71. The molecule has 0 saturated heterocycles. The summed E-state index contributed by atoms with van der Waals surface area (Å²) in [5, 5.41) is 11.4. The van der Waals surface area contributed by atoms with Crippen molar-refractivity contribution in [2.24, 2.45) is 0 Å². The van der Waals surface area contributed by atoms with Gasteiger partial charge in [-0.05, 0) is 58.7 Å². The number of carbonyl (C=O) groups is 2. The summed E-state index contributed by atoms with van der Waals surface area (Å²) < 4.78 is 76.9. The number of nitrogens with one attached hydrogen (secondary N) is 1. The summed E-state index contributed by atoms with van der Waals surface area (Å²) >= 11 is 0. The highest BCUT2D eigenvalue weighted by atomic mass is 19.4. The van der Waals surface area contributed by atoms with Gasteiger partial charge in [0.1, 0.15) is 24.0 Å². The second kappa shape index (κ2) is 11.1. The van der Waals surface area contributed by atoms with E-state index in [4.69, 9.17) is 14.6 Å². The van der Waals surface area contributed by atoms with Gasteiger partial charge >= 0.3 is 18.2 Å². The molecule has 0 heterocycles. The van der Waals surface area contributed by atoms with Crippen molar-refractivity contribution < 1.29 is 46.1 Å². The number of amides is 1. The molecule has 11 heteroatoms. The Kier molecular flexibility index (Phi) is 8.13. The van der Waals surface area contributed by atoms with Gasteiger partial charge in [-0.2, -0.15) is 13.2 Å². The van der Waals surface area contributed by atoms with Crippen LogP contribution in [0.25, 0.3) is 11.1 Å². The Hall–Kier alpha value is -4.15. The second-order valence-corrected chi connectivity index (χ2v) is 7.68. The van der Waals surface area contributed by atoms with Crippen molar-refractivity contribution in [1.82, 2.24) is 5.32 Å². The average molecular weight is 509 g/mol. The first-order chi connectivity index (χ1) is 17.0. The number of aliphatic carboxylic acids is 1. The lowest BCUT2D eigenvalue weighted by atomic mass is 9.94. The van der Waals surface area contributed by atoms with Crippen LogP contribution >= 0.6 is 0 Å². The lowest BCUT2D eigenvalue weighted by Gasteiger charge is -2.17. The van der Waals surface area contributed by atoms with Crippen LogP contribution in [0.3, 0.4) is 0 Å². The molecule has 3 aromatic rings. The van der Waals surface area contributed by atoms with Crippen LogP contribution in [0.2, 0.25) is 0 Å². The minimum absolute atomic E-state index is 0.0439. The smallest absolute Gasteiger partial charge is 0.416 e. The molecule has 0 aliphatic carbocycles. The normalized spacial score (nSPS) is 11.2. The molecule has 3 rings (SSSR count). The molecule has 0 fully saturated rings. The van der Waals surface area contributed by atoms with E-state index in [9.17, 15) is 31.5 Å². The molecule has 0 aliphatic rings. The number of carbonyl (C=O) groups excluding carboxylic acids is 1. The molecule has 6 nitrogen and oxygen atoms in total. The first kappa shape index (κ1) is 26.5. The molecule has 0 atom stereocenters.